The molecule has 0 bridgehead atoms. The van der Waals surface area contributed by atoms with Gasteiger partial charge in [0.15, 0.2) is 0 Å². The van der Waals surface area contributed by atoms with Crippen LogP contribution < -0.4 is 5.32 Å². The van der Waals surface area contributed by atoms with Crippen molar-refractivity contribution < 1.29 is 5.11 Å². The van der Waals surface area contributed by atoms with Crippen LogP contribution in [0.15, 0.2) is 18.2 Å². The highest BCUT2D eigenvalue weighted by Gasteiger charge is 2.33. The smallest absolute Gasteiger partial charge is 0.105 e. The van der Waals surface area contributed by atoms with E-state index < -0.39 is 5.60 Å². The fraction of sp³-hybridized carbons (Fsp3) is 0.600. The van der Waals surface area contributed by atoms with Gasteiger partial charge in [0, 0.05) is 6.54 Å². The Morgan fingerprint density at radius 3 is 2.47 bits per heavy atom. The largest absolute Gasteiger partial charge is 0.384 e. The molecule has 0 fully saturated rings. The highest BCUT2D eigenvalue weighted by atomic mass is 16.3. The van der Waals surface area contributed by atoms with Crippen LogP contribution in [-0.2, 0) is 5.60 Å². The third-order valence-electron chi connectivity index (χ3n) is 3.46. The molecule has 2 heteroatoms. The number of aliphatic hydroxyl groups is 1. The summed E-state index contributed by atoms with van der Waals surface area (Å²) >= 11 is 0. The second-order valence-electron chi connectivity index (χ2n) is 5.18. The molecule has 0 aliphatic carbocycles. The number of hydrogen-bond acceptors (Lipinski definition) is 2. The summed E-state index contributed by atoms with van der Waals surface area (Å²) in [5, 5.41) is 14.2. The first-order valence-electron chi connectivity index (χ1n) is 6.42. The van der Waals surface area contributed by atoms with Gasteiger partial charge in [0.1, 0.15) is 5.60 Å². The molecule has 17 heavy (non-hydrogen) atoms. The van der Waals surface area contributed by atoms with Crippen LogP contribution in [0.4, 0.5) is 0 Å². The molecule has 1 atom stereocenters. The maximum absolute atomic E-state index is 10.9. The number of likely N-dealkylation sites (N-methyl/N-ethyl adjacent to an activating group) is 1. The first-order valence-corrected chi connectivity index (χ1v) is 6.42. The molecule has 2 nitrogen and oxygen atoms in total. The van der Waals surface area contributed by atoms with E-state index in [0.717, 1.165) is 17.7 Å². The minimum atomic E-state index is -0.786. The fourth-order valence-corrected chi connectivity index (χ4v) is 2.13. The van der Waals surface area contributed by atoms with Crippen LogP contribution in [0.1, 0.15) is 37.5 Å². The maximum Gasteiger partial charge on any atom is 0.105 e. The summed E-state index contributed by atoms with van der Waals surface area (Å²) in [6, 6.07) is 6.28. The van der Waals surface area contributed by atoms with Crippen molar-refractivity contribution in [1.29, 1.82) is 0 Å². The predicted molar refractivity (Wildman–Crippen MR) is 73.2 cm³/mol. The normalized spacial score (nSPS) is 15.0. The maximum atomic E-state index is 10.9. The minimum Gasteiger partial charge on any atom is -0.384 e. The fourth-order valence-electron chi connectivity index (χ4n) is 2.13. The summed E-state index contributed by atoms with van der Waals surface area (Å²) < 4.78 is 0. The molecule has 1 rings (SSSR count). The second kappa shape index (κ2) is 5.65. The first kappa shape index (κ1) is 14.2. The lowest BCUT2D eigenvalue weighted by Crippen LogP contribution is -2.43. The third-order valence-corrected chi connectivity index (χ3v) is 3.46. The summed E-state index contributed by atoms with van der Waals surface area (Å²) in [5.41, 5.74) is 2.62. The number of nitrogens with one attached hydrogen (secondary N) is 1. The van der Waals surface area contributed by atoms with Crippen LogP contribution in [0, 0.1) is 19.8 Å². The van der Waals surface area contributed by atoms with E-state index in [2.05, 4.69) is 58.1 Å². The lowest BCUT2D eigenvalue weighted by atomic mass is 9.80. The molecular formula is C15H25NO. The average Bonchev–Trinajstić information content (AvgIpc) is 2.29. The third kappa shape index (κ3) is 3.08. The van der Waals surface area contributed by atoms with Crippen LogP contribution in [0.3, 0.4) is 0 Å². The zero-order chi connectivity index (χ0) is 13.1. The predicted octanol–water partition coefficient (Wildman–Crippen LogP) is 2.76. The summed E-state index contributed by atoms with van der Waals surface area (Å²) in [6.45, 7) is 11.8. The van der Waals surface area contributed by atoms with Crippen molar-refractivity contribution in [3.63, 3.8) is 0 Å². The molecule has 0 radical (unpaired) electrons. The lowest BCUT2D eigenvalue weighted by Gasteiger charge is -2.34. The highest BCUT2D eigenvalue weighted by Crippen LogP contribution is 2.31. The van der Waals surface area contributed by atoms with E-state index in [1.54, 1.807) is 0 Å². The van der Waals surface area contributed by atoms with Crippen molar-refractivity contribution in [2.75, 3.05) is 13.1 Å². The van der Waals surface area contributed by atoms with E-state index in [1.807, 2.05) is 0 Å². The van der Waals surface area contributed by atoms with Gasteiger partial charge in [-0.3, -0.25) is 0 Å². The Balaban J connectivity index is 3.17. The first-order chi connectivity index (χ1) is 7.91. The second-order valence-corrected chi connectivity index (χ2v) is 5.18. The standard InChI is InChI=1S/C15H25NO/c1-6-16-10-15(17,11(2)3)14-9-12(4)7-8-13(14)5/h7-9,11,16-17H,6,10H2,1-5H3. The molecule has 1 aromatic rings. The molecule has 0 saturated heterocycles. The summed E-state index contributed by atoms with van der Waals surface area (Å²) in [4.78, 5) is 0. The Morgan fingerprint density at radius 2 is 1.94 bits per heavy atom. The van der Waals surface area contributed by atoms with Gasteiger partial charge in [-0.1, -0.05) is 44.5 Å². The van der Waals surface area contributed by atoms with E-state index in [4.69, 9.17) is 0 Å². The van der Waals surface area contributed by atoms with Gasteiger partial charge in [-0.15, -0.1) is 0 Å². The molecule has 0 saturated carbocycles. The zero-order valence-electron chi connectivity index (χ0n) is 11.7. The van der Waals surface area contributed by atoms with Gasteiger partial charge in [-0.05, 0) is 37.4 Å². The van der Waals surface area contributed by atoms with Crippen molar-refractivity contribution in [2.24, 2.45) is 5.92 Å². The Hall–Kier alpha value is -0.860. The Labute approximate surface area is 105 Å². The molecule has 0 aliphatic heterocycles. The van der Waals surface area contributed by atoms with E-state index in [0.29, 0.717) is 6.54 Å². The highest BCUT2D eigenvalue weighted by molar-refractivity contribution is 5.35. The number of hydrogen-bond donors (Lipinski definition) is 2. The van der Waals surface area contributed by atoms with Crippen LogP contribution in [0.25, 0.3) is 0 Å². The topological polar surface area (TPSA) is 32.3 Å². The molecule has 0 aromatic heterocycles. The van der Waals surface area contributed by atoms with Gasteiger partial charge in [-0.25, -0.2) is 0 Å². The molecule has 1 aromatic carbocycles. The van der Waals surface area contributed by atoms with E-state index in [9.17, 15) is 5.11 Å². The number of rotatable bonds is 5. The van der Waals surface area contributed by atoms with Crippen molar-refractivity contribution in [1.82, 2.24) is 5.32 Å². The van der Waals surface area contributed by atoms with E-state index >= 15 is 0 Å². The lowest BCUT2D eigenvalue weighted by molar-refractivity contribution is -0.00935. The zero-order valence-corrected chi connectivity index (χ0v) is 11.7. The Bertz CT molecular complexity index is 373. The van der Waals surface area contributed by atoms with E-state index in [-0.39, 0.29) is 5.92 Å². The van der Waals surface area contributed by atoms with Crippen LogP contribution in [0.2, 0.25) is 0 Å². The Kier molecular flexibility index (Phi) is 4.72. The summed E-state index contributed by atoms with van der Waals surface area (Å²) in [5.74, 6) is 0.182. The van der Waals surface area contributed by atoms with Crippen molar-refractivity contribution in [3.05, 3.63) is 34.9 Å². The van der Waals surface area contributed by atoms with Crippen molar-refractivity contribution >= 4 is 0 Å². The molecule has 0 spiro atoms. The molecule has 2 N–H and O–H groups in total. The average molecular weight is 235 g/mol. The van der Waals surface area contributed by atoms with Gasteiger partial charge in [0.2, 0.25) is 0 Å². The van der Waals surface area contributed by atoms with Crippen LogP contribution in [0.5, 0.6) is 0 Å². The molecule has 0 heterocycles. The molecule has 96 valence electrons. The summed E-state index contributed by atoms with van der Waals surface area (Å²) in [6.07, 6.45) is 0. The van der Waals surface area contributed by atoms with Crippen molar-refractivity contribution in [2.45, 2.75) is 40.2 Å². The minimum absolute atomic E-state index is 0.182. The number of benzene rings is 1. The van der Waals surface area contributed by atoms with E-state index in [1.165, 1.54) is 5.56 Å². The van der Waals surface area contributed by atoms with Crippen molar-refractivity contribution in [3.8, 4) is 0 Å². The SMILES string of the molecule is CCNCC(O)(c1cc(C)ccc1C)C(C)C. The molecule has 1 unspecified atom stereocenters. The monoisotopic (exact) mass is 235 g/mol. The Morgan fingerprint density at radius 1 is 1.29 bits per heavy atom. The van der Waals surface area contributed by atoms with Crippen LogP contribution >= 0.6 is 0 Å². The van der Waals surface area contributed by atoms with Gasteiger partial charge in [0.05, 0.1) is 0 Å². The molecule has 0 amide bonds. The van der Waals surface area contributed by atoms with Gasteiger partial charge >= 0.3 is 0 Å². The molecular weight excluding hydrogens is 210 g/mol. The summed E-state index contributed by atoms with van der Waals surface area (Å²) in [7, 11) is 0. The van der Waals surface area contributed by atoms with Gasteiger partial charge in [0.25, 0.3) is 0 Å². The quantitative estimate of drug-likeness (QED) is 0.822. The van der Waals surface area contributed by atoms with Crippen LogP contribution in [-0.4, -0.2) is 18.2 Å². The van der Waals surface area contributed by atoms with Gasteiger partial charge in [-0.2, -0.15) is 0 Å². The molecule has 0 aliphatic rings. The van der Waals surface area contributed by atoms with Gasteiger partial charge < -0.3 is 10.4 Å². The number of aryl methyl sites for hydroxylation is 2.